The van der Waals surface area contributed by atoms with E-state index in [-0.39, 0.29) is 0 Å². The minimum absolute atomic E-state index is 0.568. The van der Waals surface area contributed by atoms with Crippen LogP contribution in [0.15, 0.2) is 0 Å². The lowest BCUT2D eigenvalue weighted by Crippen LogP contribution is -2.51. The van der Waals surface area contributed by atoms with Crippen LogP contribution in [0.4, 0.5) is 0 Å². The summed E-state index contributed by atoms with van der Waals surface area (Å²) in [7, 11) is 0. The Labute approximate surface area is 201 Å². The molecular weight excluding hydrogens is 392 g/mol. The van der Waals surface area contributed by atoms with E-state index in [1.54, 1.807) is 0 Å². The van der Waals surface area contributed by atoms with Crippen LogP contribution in [0.3, 0.4) is 0 Å². The van der Waals surface area contributed by atoms with Crippen molar-refractivity contribution in [3.63, 3.8) is 0 Å². The van der Waals surface area contributed by atoms with E-state index >= 15 is 0 Å². The molecule has 0 N–H and O–H groups in total. The molecule has 0 bridgehead atoms. The van der Waals surface area contributed by atoms with Gasteiger partial charge >= 0.3 is 0 Å². The molecule has 0 saturated heterocycles. The highest BCUT2D eigenvalue weighted by Crippen LogP contribution is 2.66. The summed E-state index contributed by atoms with van der Waals surface area (Å²) < 4.78 is 12.5. The third-order valence-electron chi connectivity index (χ3n) is 9.19. The zero-order valence-corrected chi connectivity index (χ0v) is 21.9. The van der Waals surface area contributed by atoms with Gasteiger partial charge in [-0.1, -0.05) is 78.1 Å². The van der Waals surface area contributed by atoms with Crippen molar-refractivity contribution < 1.29 is 9.47 Å². The maximum atomic E-state index is 6.26. The topological polar surface area (TPSA) is 18.5 Å². The van der Waals surface area contributed by atoms with E-state index in [1.165, 1.54) is 141 Å². The van der Waals surface area contributed by atoms with Crippen molar-refractivity contribution in [2.75, 3.05) is 13.2 Å². The van der Waals surface area contributed by atoms with Crippen LogP contribution in [0, 0.1) is 10.8 Å². The fraction of sp³-hybridized carbons (Fsp3) is 1.00. The Morgan fingerprint density at radius 1 is 0.500 bits per heavy atom. The molecule has 0 unspecified atom stereocenters. The van der Waals surface area contributed by atoms with E-state index in [1.807, 2.05) is 0 Å². The van der Waals surface area contributed by atoms with Gasteiger partial charge in [0.1, 0.15) is 0 Å². The number of hydrogen-bond acceptors (Lipinski definition) is 2. The Morgan fingerprint density at radius 2 is 0.844 bits per heavy atom. The van der Waals surface area contributed by atoms with Crippen LogP contribution >= 0.6 is 0 Å². The Hall–Kier alpha value is -0.0800. The van der Waals surface area contributed by atoms with Crippen molar-refractivity contribution in [3.8, 4) is 0 Å². The molecular formula is C30H56O2. The van der Waals surface area contributed by atoms with Gasteiger partial charge in [0.15, 0.2) is 0 Å². The highest BCUT2D eigenvalue weighted by molar-refractivity contribution is 5.06. The SMILES string of the molecule is CCCCCCCCOC1CCC2(CC1)CC1(CCC(OCCCCCCCC)CC1)C2. The summed E-state index contributed by atoms with van der Waals surface area (Å²) in [5.41, 5.74) is 1.40. The predicted octanol–water partition coefficient (Wildman–Crippen LogP) is 9.39. The molecule has 3 rings (SSSR count). The molecule has 0 radical (unpaired) electrons. The molecule has 188 valence electrons. The molecule has 0 aromatic rings. The van der Waals surface area contributed by atoms with Crippen molar-refractivity contribution in [1.82, 2.24) is 0 Å². The van der Waals surface area contributed by atoms with Gasteiger partial charge in [-0.3, -0.25) is 0 Å². The van der Waals surface area contributed by atoms with Crippen molar-refractivity contribution >= 4 is 0 Å². The first-order valence-electron chi connectivity index (χ1n) is 14.9. The molecule has 3 aliphatic rings. The fourth-order valence-corrected chi connectivity index (χ4v) is 7.25. The van der Waals surface area contributed by atoms with Gasteiger partial charge in [-0.2, -0.15) is 0 Å². The molecule has 0 amide bonds. The van der Waals surface area contributed by atoms with Crippen LogP contribution in [-0.2, 0) is 9.47 Å². The third-order valence-corrected chi connectivity index (χ3v) is 9.19. The first-order valence-corrected chi connectivity index (χ1v) is 14.9. The normalized spacial score (nSPS) is 32.4. The van der Waals surface area contributed by atoms with Crippen LogP contribution in [0.25, 0.3) is 0 Å². The van der Waals surface area contributed by atoms with Crippen molar-refractivity contribution in [1.29, 1.82) is 0 Å². The molecule has 0 aromatic carbocycles. The minimum atomic E-state index is 0.568. The lowest BCUT2D eigenvalue weighted by atomic mass is 9.45. The average Bonchev–Trinajstić information content (AvgIpc) is 2.79. The highest BCUT2D eigenvalue weighted by atomic mass is 16.5. The molecule has 2 nitrogen and oxygen atoms in total. The van der Waals surface area contributed by atoms with Gasteiger partial charge in [0.25, 0.3) is 0 Å². The van der Waals surface area contributed by atoms with E-state index in [0.29, 0.717) is 23.0 Å². The standard InChI is InChI=1S/C30H56O2/c1-3-5-7-9-11-13-23-31-27-15-19-29(20-16-27)25-30(26-29)21-17-28(18-22-30)32-24-14-12-10-8-6-4-2/h27-28H,3-26H2,1-2H3. The monoisotopic (exact) mass is 448 g/mol. The number of rotatable bonds is 16. The van der Waals surface area contributed by atoms with E-state index < -0.39 is 0 Å². The first kappa shape index (κ1) is 26.5. The Morgan fingerprint density at radius 3 is 1.22 bits per heavy atom. The lowest BCUT2D eigenvalue weighted by molar-refractivity contribution is -0.129. The number of ether oxygens (including phenoxy) is 2. The summed E-state index contributed by atoms with van der Waals surface area (Å²) in [4.78, 5) is 0. The molecule has 0 aromatic heterocycles. The molecule has 2 spiro atoms. The zero-order chi connectivity index (χ0) is 22.5. The van der Waals surface area contributed by atoms with E-state index in [2.05, 4.69) is 13.8 Å². The van der Waals surface area contributed by atoms with Gasteiger partial charge in [0.05, 0.1) is 12.2 Å². The molecule has 32 heavy (non-hydrogen) atoms. The summed E-state index contributed by atoms with van der Waals surface area (Å²) in [6.07, 6.45) is 31.6. The largest absolute Gasteiger partial charge is 0.378 e. The third kappa shape index (κ3) is 8.61. The number of hydrogen-bond donors (Lipinski definition) is 0. The van der Waals surface area contributed by atoms with Gasteiger partial charge in [-0.05, 0) is 87.9 Å². The van der Waals surface area contributed by atoms with Crippen molar-refractivity contribution in [3.05, 3.63) is 0 Å². The van der Waals surface area contributed by atoms with Gasteiger partial charge in [-0.25, -0.2) is 0 Å². The molecule has 2 heteroatoms. The molecule has 0 heterocycles. The Balaban J connectivity index is 1.19. The smallest absolute Gasteiger partial charge is 0.0575 e. The van der Waals surface area contributed by atoms with Gasteiger partial charge in [-0.15, -0.1) is 0 Å². The van der Waals surface area contributed by atoms with Gasteiger partial charge < -0.3 is 9.47 Å². The van der Waals surface area contributed by atoms with Crippen LogP contribution in [0.2, 0.25) is 0 Å². The summed E-state index contributed by atoms with van der Waals surface area (Å²) in [6.45, 7) is 6.60. The molecule has 3 fully saturated rings. The maximum absolute atomic E-state index is 6.26. The Bertz CT molecular complexity index is 419. The van der Waals surface area contributed by atoms with Crippen LogP contribution in [0.1, 0.15) is 155 Å². The summed E-state index contributed by atoms with van der Waals surface area (Å²) in [5, 5.41) is 0. The van der Waals surface area contributed by atoms with E-state index in [0.717, 1.165) is 13.2 Å². The summed E-state index contributed by atoms with van der Waals surface area (Å²) in [6, 6.07) is 0. The number of unbranched alkanes of at least 4 members (excludes halogenated alkanes) is 10. The van der Waals surface area contributed by atoms with Crippen molar-refractivity contribution in [2.45, 2.75) is 167 Å². The minimum Gasteiger partial charge on any atom is -0.378 e. The van der Waals surface area contributed by atoms with Gasteiger partial charge in [0.2, 0.25) is 0 Å². The molecule has 0 atom stereocenters. The van der Waals surface area contributed by atoms with E-state index in [4.69, 9.17) is 9.47 Å². The highest BCUT2D eigenvalue weighted by Gasteiger charge is 2.55. The first-order chi connectivity index (χ1) is 15.7. The predicted molar refractivity (Wildman–Crippen MR) is 137 cm³/mol. The van der Waals surface area contributed by atoms with Crippen molar-refractivity contribution in [2.24, 2.45) is 10.8 Å². The fourth-order valence-electron chi connectivity index (χ4n) is 7.25. The Kier molecular flexibility index (Phi) is 11.9. The summed E-state index contributed by atoms with van der Waals surface area (Å²) >= 11 is 0. The van der Waals surface area contributed by atoms with Crippen LogP contribution < -0.4 is 0 Å². The van der Waals surface area contributed by atoms with Crippen LogP contribution in [0.5, 0.6) is 0 Å². The molecule has 3 saturated carbocycles. The molecule has 0 aliphatic heterocycles. The van der Waals surface area contributed by atoms with Gasteiger partial charge in [0, 0.05) is 13.2 Å². The average molecular weight is 449 g/mol. The summed E-state index contributed by atoms with van der Waals surface area (Å²) in [5.74, 6) is 0. The lowest BCUT2D eigenvalue weighted by Gasteiger charge is -2.61. The second-order valence-electron chi connectivity index (χ2n) is 12.0. The zero-order valence-electron chi connectivity index (χ0n) is 21.9. The second-order valence-corrected chi connectivity index (χ2v) is 12.0. The van der Waals surface area contributed by atoms with E-state index in [9.17, 15) is 0 Å². The molecule has 3 aliphatic carbocycles. The maximum Gasteiger partial charge on any atom is 0.0575 e. The van der Waals surface area contributed by atoms with Crippen LogP contribution in [-0.4, -0.2) is 25.4 Å². The second kappa shape index (κ2) is 14.3. The quantitative estimate of drug-likeness (QED) is 0.219.